The van der Waals surface area contributed by atoms with Gasteiger partial charge in [0.05, 0.1) is 35.5 Å². The number of ketones is 1. The van der Waals surface area contributed by atoms with Crippen LogP contribution in [-0.2, 0) is 9.59 Å². The van der Waals surface area contributed by atoms with Crippen LogP contribution in [0, 0.1) is 0 Å². The van der Waals surface area contributed by atoms with Gasteiger partial charge in [0.25, 0.3) is 5.78 Å². The Hall–Kier alpha value is -3.88. The minimum Gasteiger partial charge on any atom is -0.507 e. The Kier molecular flexibility index (Phi) is 6.38. The van der Waals surface area contributed by atoms with Crippen molar-refractivity contribution in [2.75, 3.05) is 18.6 Å². The highest BCUT2D eigenvalue weighted by Crippen LogP contribution is 2.45. The van der Waals surface area contributed by atoms with Crippen LogP contribution in [0.2, 0.25) is 5.02 Å². The lowest BCUT2D eigenvalue weighted by atomic mass is 9.95. The number of carbonyl (C=O) groups is 2. The normalized spacial score (nSPS) is 17.1. The molecule has 1 aliphatic heterocycles. The summed E-state index contributed by atoms with van der Waals surface area (Å²) in [7, 11) is 1.54. The van der Waals surface area contributed by atoms with E-state index in [2.05, 4.69) is 4.98 Å². The first-order valence-corrected chi connectivity index (χ1v) is 12.3. The second-order valence-corrected chi connectivity index (χ2v) is 9.46. The van der Waals surface area contributed by atoms with E-state index in [-0.39, 0.29) is 11.3 Å². The van der Waals surface area contributed by atoms with Crippen LogP contribution in [0.25, 0.3) is 16.0 Å². The van der Waals surface area contributed by atoms with E-state index in [1.54, 1.807) is 48.5 Å². The number of thiazole rings is 1. The van der Waals surface area contributed by atoms with Crippen LogP contribution in [0.5, 0.6) is 11.5 Å². The molecule has 1 aliphatic rings. The van der Waals surface area contributed by atoms with Crippen LogP contribution in [-0.4, -0.2) is 35.5 Å². The molecular formula is C27H21ClN2O5S. The molecule has 1 aromatic heterocycles. The molecule has 1 saturated heterocycles. The smallest absolute Gasteiger partial charge is 0.301 e. The molecule has 0 bridgehead atoms. The number of anilines is 1. The summed E-state index contributed by atoms with van der Waals surface area (Å²) >= 11 is 7.54. The fraction of sp³-hybridized carbons (Fsp3) is 0.148. The minimum atomic E-state index is -0.919. The molecule has 1 atom stereocenters. The fourth-order valence-corrected chi connectivity index (χ4v) is 5.40. The van der Waals surface area contributed by atoms with Gasteiger partial charge in [0, 0.05) is 10.6 Å². The van der Waals surface area contributed by atoms with Crippen molar-refractivity contribution in [2.45, 2.75) is 13.0 Å². The lowest BCUT2D eigenvalue weighted by molar-refractivity contribution is -0.132. The number of Topliss-reactive ketones (excluding diaryl/α,β-unsaturated/α-hetero) is 1. The second kappa shape index (κ2) is 9.64. The minimum absolute atomic E-state index is 0.0401. The number of aromatic nitrogens is 1. The van der Waals surface area contributed by atoms with Gasteiger partial charge in [-0.2, -0.15) is 0 Å². The molecule has 5 rings (SSSR count). The number of methoxy groups -OCH3 is 1. The standard InChI is InChI=1S/C27H21ClN2O5S/c1-3-35-19-11-12-20-21(14-19)36-27(29-20)30-23(16-5-4-6-17(28)13-16)22(25(32)26(30)33)24(31)15-7-9-18(34-2)10-8-15/h4-14,23,31H,3H2,1-2H3/b24-22+/t23-/m0/s1. The van der Waals surface area contributed by atoms with Crippen molar-refractivity contribution in [3.63, 3.8) is 0 Å². The van der Waals surface area contributed by atoms with Crippen LogP contribution in [0.4, 0.5) is 5.13 Å². The highest BCUT2D eigenvalue weighted by molar-refractivity contribution is 7.22. The summed E-state index contributed by atoms with van der Waals surface area (Å²) in [5.74, 6) is -0.586. The maximum atomic E-state index is 13.4. The van der Waals surface area contributed by atoms with E-state index in [9.17, 15) is 14.7 Å². The number of rotatable bonds is 6. The zero-order valence-electron chi connectivity index (χ0n) is 19.4. The summed E-state index contributed by atoms with van der Waals surface area (Å²) in [6.45, 7) is 2.42. The summed E-state index contributed by atoms with van der Waals surface area (Å²) in [6.07, 6.45) is 0. The predicted octanol–water partition coefficient (Wildman–Crippen LogP) is 5.98. The summed E-state index contributed by atoms with van der Waals surface area (Å²) in [5, 5.41) is 12.0. The van der Waals surface area contributed by atoms with E-state index in [1.807, 2.05) is 25.1 Å². The SMILES string of the molecule is CCOc1ccc2nc(N3C(=O)C(=O)/C(=C(/O)c4ccc(OC)cc4)[C@@H]3c3cccc(Cl)c3)sc2c1. The van der Waals surface area contributed by atoms with Crippen LogP contribution in [0.1, 0.15) is 24.1 Å². The second-order valence-electron chi connectivity index (χ2n) is 8.01. The largest absolute Gasteiger partial charge is 0.507 e. The number of aliphatic hydroxyl groups excluding tert-OH is 1. The molecule has 4 aromatic rings. The zero-order chi connectivity index (χ0) is 25.4. The van der Waals surface area contributed by atoms with Gasteiger partial charge in [-0.15, -0.1) is 0 Å². The third-order valence-electron chi connectivity index (χ3n) is 5.84. The number of ether oxygens (including phenoxy) is 2. The average Bonchev–Trinajstić information content (AvgIpc) is 3.41. The molecule has 2 heterocycles. The van der Waals surface area contributed by atoms with Gasteiger partial charge in [0.2, 0.25) is 0 Å². The van der Waals surface area contributed by atoms with Crippen molar-refractivity contribution in [2.24, 2.45) is 0 Å². The Morgan fingerprint density at radius 2 is 1.83 bits per heavy atom. The van der Waals surface area contributed by atoms with Gasteiger partial charge in [-0.3, -0.25) is 14.5 Å². The van der Waals surface area contributed by atoms with E-state index in [0.29, 0.717) is 44.9 Å². The van der Waals surface area contributed by atoms with Gasteiger partial charge >= 0.3 is 5.91 Å². The Bertz CT molecular complexity index is 1510. The first-order valence-electron chi connectivity index (χ1n) is 11.2. The predicted molar refractivity (Wildman–Crippen MR) is 140 cm³/mol. The van der Waals surface area contributed by atoms with Crippen molar-refractivity contribution in [1.29, 1.82) is 0 Å². The molecule has 3 aromatic carbocycles. The molecule has 0 unspecified atom stereocenters. The van der Waals surface area contributed by atoms with Crippen molar-refractivity contribution in [1.82, 2.24) is 4.98 Å². The number of benzene rings is 3. The summed E-state index contributed by atoms with van der Waals surface area (Å²) < 4.78 is 11.6. The van der Waals surface area contributed by atoms with Crippen molar-refractivity contribution in [3.05, 3.63) is 88.5 Å². The molecule has 36 heavy (non-hydrogen) atoms. The highest BCUT2D eigenvalue weighted by atomic mass is 35.5. The molecule has 182 valence electrons. The van der Waals surface area contributed by atoms with Crippen molar-refractivity contribution < 1.29 is 24.2 Å². The Labute approximate surface area is 216 Å². The fourth-order valence-electron chi connectivity index (χ4n) is 4.18. The lowest BCUT2D eigenvalue weighted by Crippen LogP contribution is -2.29. The summed E-state index contributed by atoms with van der Waals surface area (Å²) in [4.78, 5) is 32.7. The van der Waals surface area contributed by atoms with Crippen LogP contribution < -0.4 is 14.4 Å². The quantitative estimate of drug-likeness (QED) is 0.191. The molecule has 9 heteroatoms. The van der Waals surface area contributed by atoms with E-state index in [4.69, 9.17) is 21.1 Å². The number of nitrogens with zero attached hydrogens (tertiary/aromatic N) is 2. The molecule has 1 N–H and O–H groups in total. The third-order valence-corrected chi connectivity index (χ3v) is 7.09. The van der Waals surface area contributed by atoms with Crippen LogP contribution in [0.3, 0.4) is 0 Å². The number of amides is 1. The lowest BCUT2D eigenvalue weighted by Gasteiger charge is -2.23. The summed E-state index contributed by atoms with van der Waals surface area (Å²) in [6, 6.07) is 18.0. The molecule has 1 fully saturated rings. The van der Waals surface area contributed by atoms with Gasteiger partial charge in [0.1, 0.15) is 17.3 Å². The van der Waals surface area contributed by atoms with Gasteiger partial charge in [-0.1, -0.05) is 35.1 Å². The van der Waals surface area contributed by atoms with Gasteiger partial charge in [-0.25, -0.2) is 4.98 Å². The van der Waals surface area contributed by atoms with Crippen LogP contribution in [0.15, 0.2) is 72.3 Å². The Morgan fingerprint density at radius 1 is 1.08 bits per heavy atom. The highest BCUT2D eigenvalue weighted by Gasteiger charge is 2.48. The molecule has 0 spiro atoms. The molecule has 7 nitrogen and oxygen atoms in total. The monoisotopic (exact) mass is 520 g/mol. The number of hydrogen-bond acceptors (Lipinski definition) is 7. The van der Waals surface area contributed by atoms with E-state index in [1.165, 1.54) is 23.3 Å². The van der Waals surface area contributed by atoms with Crippen molar-refractivity contribution >= 4 is 55.7 Å². The molecule has 0 radical (unpaired) electrons. The summed E-state index contributed by atoms with van der Waals surface area (Å²) in [5.41, 5.74) is 1.58. The van der Waals surface area contributed by atoms with Gasteiger partial charge < -0.3 is 14.6 Å². The number of halogens is 1. The third kappa shape index (κ3) is 4.19. The van der Waals surface area contributed by atoms with Crippen LogP contribution >= 0.6 is 22.9 Å². The average molecular weight is 521 g/mol. The maximum Gasteiger partial charge on any atom is 0.301 e. The molecular weight excluding hydrogens is 500 g/mol. The first-order chi connectivity index (χ1) is 17.4. The Morgan fingerprint density at radius 3 is 2.53 bits per heavy atom. The molecule has 1 amide bonds. The zero-order valence-corrected chi connectivity index (χ0v) is 21.0. The molecule has 0 aliphatic carbocycles. The number of aliphatic hydroxyl groups is 1. The number of carbonyl (C=O) groups excluding carboxylic acids is 2. The molecule has 0 saturated carbocycles. The number of hydrogen-bond donors (Lipinski definition) is 1. The van der Waals surface area contributed by atoms with Crippen molar-refractivity contribution in [3.8, 4) is 11.5 Å². The van der Waals surface area contributed by atoms with Gasteiger partial charge in [-0.05, 0) is 67.1 Å². The Balaban J connectivity index is 1.68. The maximum absolute atomic E-state index is 13.4. The topological polar surface area (TPSA) is 89.0 Å². The van der Waals surface area contributed by atoms with E-state index >= 15 is 0 Å². The number of fused-ring (bicyclic) bond motifs is 1. The van der Waals surface area contributed by atoms with E-state index < -0.39 is 17.7 Å². The first kappa shape index (κ1) is 23.8. The van der Waals surface area contributed by atoms with E-state index in [0.717, 1.165) is 4.70 Å². The van der Waals surface area contributed by atoms with Gasteiger partial charge in [0.15, 0.2) is 5.13 Å².